The van der Waals surface area contributed by atoms with Gasteiger partial charge in [0.25, 0.3) is 0 Å². The van der Waals surface area contributed by atoms with Gasteiger partial charge >= 0.3 is 0 Å². The van der Waals surface area contributed by atoms with Crippen molar-refractivity contribution in [3.63, 3.8) is 0 Å². The summed E-state index contributed by atoms with van der Waals surface area (Å²) in [5.74, 6) is 1.53. The van der Waals surface area contributed by atoms with Crippen LogP contribution in [0.1, 0.15) is 25.2 Å². The lowest BCUT2D eigenvalue weighted by Crippen LogP contribution is -2.16. The van der Waals surface area contributed by atoms with Gasteiger partial charge in [0.1, 0.15) is 11.5 Å². The van der Waals surface area contributed by atoms with Crippen LogP contribution >= 0.6 is 23.4 Å². The van der Waals surface area contributed by atoms with Gasteiger partial charge in [-0.1, -0.05) is 37.2 Å². The molecule has 1 N–H and O–H groups in total. The average molecular weight is 412 g/mol. The molecule has 0 saturated heterocycles. The minimum absolute atomic E-state index is 0.155. The van der Waals surface area contributed by atoms with Crippen LogP contribution in [0.3, 0.4) is 0 Å². The van der Waals surface area contributed by atoms with Crippen molar-refractivity contribution < 1.29 is 14.3 Å². The number of ether oxygens (including phenoxy) is 2. The van der Waals surface area contributed by atoms with E-state index < -0.39 is 0 Å². The lowest BCUT2D eigenvalue weighted by molar-refractivity contribution is -0.113. The predicted molar refractivity (Wildman–Crippen MR) is 110 cm³/mol. The highest BCUT2D eigenvalue weighted by Gasteiger charge is 2.16. The predicted octanol–water partition coefficient (Wildman–Crippen LogP) is 4.56. The van der Waals surface area contributed by atoms with Crippen LogP contribution in [0.2, 0.25) is 5.02 Å². The third-order valence-electron chi connectivity index (χ3n) is 4.05. The van der Waals surface area contributed by atoms with Gasteiger partial charge in [-0.25, -0.2) is 4.98 Å². The molecule has 148 valence electrons. The summed E-state index contributed by atoms with van der Waals surface area (Å²) >= 11 is 7.52. The third kappa shape index (κ3) is 5.32. The van der Waals surface area contributed by atoms with E-state index in [1.165, 1.54) is 26.0 Å². The molecule has 1 aromatic carbocycles. The number of imidazole rings is 1. The molecule has 0 aliphatic carbocycles. The van der Waals surface area contributed by atoms with Crippen molar-refractivity contribution in [3.8, 4) is 11.5 Å². The number of thioether (sulfide) groups is 1. The van der Waals surface area contributed by atoms with Crippen LogP contribution in [0.15, 0.2) is 17.3 Å². The van der Waals surface area contributed by atoms with Crippen LogP contribution < -0.4 is 14.8 Å². The molecule has 0 saturated carbocycles. The molecule has 0 aliphatic heterocycles. The molecular formula is C19H26ClN3O3S. The first kappa shape index (κ1) is 21.4. The summed E-state index contributed by atoms with van der Waals surface area (Å²) in [7, 11) is 3.05. The van der Waals surface area contributed by atoms with E-state index in [2.05, 4.69) is 35.6 Å². The van der Waals surface area contributed by atoms with Gasteiger partial charge < -0.3 is 19.4 Å². The number of carbonyl (C=O) groups is 1. The summed E-state index contributed by atoms with van der Waals surface area (Å²) < 4.78 is 12.7. The standard InChI is InChI=1S/C19H26ClN3O3S/c1-11(2)9-23-13(4)12(3)21-19(23)27-10-18(24)22-15-8-16(25-5)14(20)7-17(15)26-6/h7-8,11H,9-10H2,1-6H3,(H,22,24). The molecule has 1 amide bonds. The Kier molecular flexibility index (Phi) is 7.44. The third-order valence-corrected chi connectivity index (χ3v) is 5.32. The Labute approximate surface area is 169 Å². The van der Waals surface area contributed by atoms with Gasteiger partial charge in [-0.15, -0.1) is 0 Å². The number of halogens is 1. The first-order chi connectivity index (χ1) is 12.8. The Morgan fingerprint density at radius 3 is 2.52 bits per heavy atom. The number of rotatable bonds is 8. The molecule has 8 heteroatoms. The summed E-state index contributed by atoms with van der Waals surface area (Å²) in [5, 5.41) is 4.13. The van der Waals surface area contributed by atoms with Gasteiger partial charge in [0.05, 0.1) is 36.4 Å². The second-order valence-electron chi connectivity index (χ2n) is 6.59. The van der Waals surface area contributed by atoms with E-state index in [1.807, 2.05) is 6.92 Å². The molecule has 2 aromatic rings. The summed E-state index contributed by atoms with van der Waals surface area (Å²) in [4.78, 5) is 17.1. The van der Waals surface area contributed by atoms with Crippen molar-refractivity contribution >= 4 is 35.0 Å². The van der Waals surface area contributed by atoms with E-state index in [0.717, 1.165) is 23.1 Å². The largest absolute Gasteiger partial charge is 0.495 e. The highest BCUT2D eigenvalue weighted by molar-refractivity contribution is 7.99. The van der Waals surface area contributed by atoms with Crippen molar-refractivity contribution in [3.05, 3.63) is 28.5 Å². The number of amides is 1. The van der Waals surface area contributed by atoms with Crippen LogP contribution in [0, 0.1) is 19.8 Å². The molecule has 1 aromatic heterocycles. The minimum Gasteiger partial charge on any atom is -0.495 e. The monoisotopic (exact) mass is 411 g/mol. The molecular weight excluding hydrogens is 386 g/mol. The van der Waals surface area contributed by atoms with Crippen LogP contribution in [-0.4, -0.2) is 35.4 Å². The maximum absolute atomic E-state index is 12.5. The van der Waals surface area contributed by atoms with Crippen LogP contribution in [-0.2, 0) is 11.3 Å². The highest BCUT2D eigenvalue weighted by atomic mass is 35.5. The average Bonchev–Trinajstić information content (AvgIpc) is 2.88. The normalized spacial score (nSPS) is 11.0. The zero-order valence-corrected chi connectivity index (χ0v) is 18.1. The zero-order chi connectivity index (χ0) is 20.1. The van der Waals surface area contributed by atoms with Crippen molar-refractivity contribution in [1.82, 2.24) is 9.55 Å². The maximum atomic E-state index is 12.5. The number of benzene rings is 1. The second kappa shape index (κ2) is 9.37. The van der Waals surface area contributed by atoms with Gasteiger partial charge in [-0.3, -0.25) is 4.79 Å². The van der Waals surface area contributed by atoms with Crippen molar-refractivity contribution in [1.29, 1.82) is 0 Å². The van der Waals surface area contributed by atoms with Crippen molar-refractivity contribution in [2.45, 2.75) is 39.4 Å². The fraction of sp³-hybridized carbons (Fsp3) is 0.474. The number of aryl methyl sites for hydroxylation is 1. The lowest BCUT2D eigenvalue weighted by Gasteiger charge is -2.14. The van der Waals surface area contributed by atoms with Crippen molar-refractivity contribution in [2.24, 2.45) is 5.92 Å². The first-order valence-electron chi connectivity index (χ1n) is 8.64. The summed E-state index contributed by atoms with van der Waals surface area (Å²) in [6.07, 6.45) is 0. The molecule has 0 aliphatic rings. The fourth-order valence-corrected chi connectivity index (χ4v) is 3.72. The van der Waals surface area contributed by atoms with Gasteiger partial charge in [-0.05, 0) is 19.8 Å². The Morgan fingerprint density at radius 2 is 1.93 bits per heavy atom. The highest BCUT2D eigenvalue weighted by Crippen LogP contribution is 2.36. The smallest absolute Gasteiger partial charge is 0.234 e. The summed E-state index contributed by atoms with van der Waals surface area (Å²) in [6, 6.07) is 3.27. The topological polar surface area (TPSA) is 65.4 Å². The Bertz CT molecular complexity index is 821. The van der Waals surface area contributed by atoms with Crippen molar-refractivity contribution in [2.75, 3.05) is 25.3 Å². The van der Waals surface area contributed by atoms with E-state index in [0.29, 0.717) is 28.1 Å². The number of nitrogens with zero attached hydrogens (tertiary/aromatic N) is 2. The van der Waals surface area contributed by atoms with E-state index in [9.17, 15) is 4.79 Å². The molecule has 0 unspecified atom stereocenters. The molecule has 0 spiro atoms. The number of anilines is 1. The Balaban J connectivity index is 2.11. The number of hydrogen-bond donors (Lipinski definition) is 1. The Morgan fingerprint density at radius 1 is 1.26 bits per heavy atom. The van der Waals surface area contributed by atoms with Crippen LogP contribution in [0.4, 0.5) is 5.69 Å². The second-order valence-corrected chi connectivity index (χ2v) is 7.94. The quantitative estimate of drug-likeness (QED) is 0.645. The number of nitrogens with one attached hydrogen (secondary N) is 1. The van der Waals surface area contributed by atoms with Gasteiger partial charge in [0.15, 0.2) is 5.16 Å². The molecule has 0 fully saturated rings. The van der Waals surface area contributed by atoms with Crippen LogP contribution in [0.5, 0.6) is 11.5 Å². The molecule has 27 heavy (non-hydrogen) atoms. The molecule has 6 nitrogen and oxygen atoms in total. The molecule has 0 radical (unpaired) electrons. The van der Waals surface area contributed by atoms with Crippen LogP contribution in [0.25, 0.3) is 0 Å². The Hall–Kier alpha value is -1.86. The summed E-state index contributed by atoms with van der Waals surface area (Å²) in [6.45, 7) is 9.24. The van der Waals surface area contributed by atoms with E-state index >= 15 is 0 Å². The zero-order valence-electron chi connectivity index (χ0n) is 16.6. The first-order valence-corrected chi connectivity index (χ1v) is 10.0. The number of carbonyl (C=O) groups excluding carboxylic acids is 1. The molecule has 2 rings (SSSR count). The van der Waals surface area contributed by atoms with E-state index in [-0.39, 0.29) is 11.7 Å². The molecule has 0 atom stereocenters. The number of aromatic nitrogens is 2. The fourth-order valence-electron chi connectivity index (χ4n) is 2.59. The summed E-state index contributed by atoms with van der Waals surface area (Å²) in [5.41, 5.74) is 2.64. The van der Waals surface area contributed by atoms with E-state index in [1.54, 1.807) is 12.1 Å². The molecule has 1 heterocycles. The minimum atomic E-state index is -0.155. The molecule has 0 bridgehead atoms. The number of hydrogen-bond acceptors (Lipinski definition) is 5. The lowest BCUT2D eigenvalue weighted by atomic mass is 10.2. The van der Waals surface area contributed by atoms with Gasteiger partial charge in [0, 0.05) is 24.4 Å². The maximum Gasteiger partial charge on any atom is 0.234 e. The van der Waals surface area contributed by atoms with Gasteiger partial charge in [-0.2, -0.15) is 0 Å². The SMILES string of the molecule is COc1cc(NC(=O)CSc2nc(C)c(C)n2CC(C)C)c(OC)cc1Cl. The van der Waals surface area contributed by atoms with Gasteiger partial charge in [0.2, 0.25) is 5.91 Å². The number of methoxy groups -OCH3 is 2. The van der Waals surface area contributed by atoms with E-state index in [4.69, 9.17) is 21.1 Å².